The molecule has 1 aliphatic rings. The summed E-state index contributed by atoms with van der Waals surface area (Å²) in [5.74, 6) is -0.143. The number of benzene rings is 1. The molecule has 0 atom stereocenters. The fraction of sp³-hybridized carbons (Fsp3) is 0.600. The zero-order valence-electron chi connectivity index (χ0n) is 15.8. The second-order valence-electron chi connectivity index (χ2n) is 7.75. The number of urea groups is 1. The predicted octanol–water partition coefficient (Wildman–Crippen LogP) is 2.96. The number of carbonyl (C=O) groups is 2. The molecule has 0 unspecified atom stereocenters. The van der Waals surface area contributed by atoms with Gasteiger partial charge in [0.25, 0.3) is 0 Å². The van der Waals surface area contributed by atoms with Crippen molar-refractivity contribution in [2.24, 2.45) is 0 Å². The summed E-state index contributed by atoms with van der Waals surface area (Å²) in [4.78, 5) is 24.1. The van der Waals surface area contributed by atoms with Gasteiger partial charge >= 0.3 is 6.03 Å². The first-order valence-corrected chi connectivity index (χ1v) is 9.46. The molecule has 144 valence electrons. The van der Waals surface area contributed by atoms with Crippen molar-refractivity contribution in [3.63, 3.8) is 0 Å². The number of anilines is 1. The summed E-state index contributed by atoms with van der Waals surface area (Å²) in [6.45, 7) is 3.42. The topological polar surface area (TPSA) is 90.5 Å². The van der Waals surface area contributed by atoms with Crippen LogP contribution in [0.3, 0.4) is 0 Å². The van der Waals surface area contributed by atoms with Crippen molar-refractivity contribution in [1.82, 2.24) is 10.6 Å². The Hall–Kier alpha value is -2.08. The molecule has 0 saturated heterocycles. The quantitative estimate of drug-likeness (QED) is 0.587. The van der Waals surface area contributed by atoms with Crippen LogP contribution in [0.25, 0.3) is 0 Å². The van der Waals surface area contributed by atoms with Gasteiger partial charge in [-0.2, -0.15) is 0 Å². The van der Waals surface area contributed by atoms with Crippen molar-refractivity contribution in [3.05, 3.63) is 29.8 Å². The van der Waals surface area contributed by atoms with E-state index in [-0.39, 0.29) is 31.0 Å². The monoisotopic (exact) mass is 361 g/mol. The summed E-state index contributed by atoms with van der Waals surface area (Å²) in [5.41, 5.74) is 0.927. The molecule has 6 heteroatoms. The van der Waals surface area contributed by atoms with E-state index in [2.05, 4.69) is 16.0 Å². The average Bonchev–Trinajstić information content (AvgIpc) is 2.84. The number of rotatable bonds is 6. The van der Waals surface area contributed by atoms with E-state index in [1.165, 1.54) is 25.7 Å². The summed E-state index contributed by atoms with van der Waals surface area (Å²) >= 11 is 0. The Morgan fingerprint density at radius 3 is 2.27 bits per heavy atom. The molecule has 4 N–H and O–H groups in total. The van der Waals surface area contributed by atoms with E-state index in [0.717, 1.165) is 18.4 Å². The molecule has 3 amide bonds. The minimum atomic E-state index is -0.630. The second-order valence-corrected chi connectivity index (χ2v) is 7.75. The molecule has 1 fully saturated rings. The highest BCUT2D eigenvalue weighted by Gasteiger charge is 2.19. The maximum absolute atomic E-state index is 12.1. The van der Waals surface area contributed by atoms with E-state index in [0.29, 0.717) is 5.69 Å². The fourth-order valence-electron chi connectivity index (χ4n) is 3.13. The van der Waals surface area contributed by atoms with Crippen molar-refractivity contribution in [2.75, 3.05) is 11.9 Å². The molecule has 1 saturated carbocycles. The van der Waals surface area contributed by atoms with Gasteiger partial charge < -0.3 is 21.1 Å². The molecule has 1 aromatic carbocycles. The fourth-order valence-corrected chi connectivity index (χ4v) is 3.13. The van der Waals surface area contributed by atoms with Gasteiger partial charge in [-0.05, 0) is 44.4 Å². The van der Waals surface area contributed by atoms with Crippen LogP contribution in [0.4, 0.5) is 10.5 Å². The van der Waals surface area contributed by atoms with Gasteiger partial charge in [-0.15, -0.1) is 0 Å². The molecule has 0 aromatic heterocycles. The lowest BCUT2D eigenvalue weighted by Crippen LogP contribution is -2.46. The normalized spacial score (nSPS) is 15.8. The van der Waals surface area contributed by atoms with Gasteiger partial charge in [0.15, 0.2) is 0 Å². The number of carbonyl (C=O) groups excluding carboxylic acids is 2. The maximum atomic E-state index is 12.1. The molecular weight excluding hydrogens is 330 g/mol. The molecule has 2 rings (SSSR count). The van der Waals surface area contributed by atoms with E-state index >= 15 is 0 Å². The number of hydrogen-bond acceptors (Lipinski definition) is 3. The summed E-state index contributed by atoms with van der Waals surface area (Å²) < 4.78 is 0. The summed E-state index contributed by atoms with van der Waals surface area (Å²) in [7, 11) is 0. The van der Waals surface area contributed by atoms with Gasteiger partial charge in [-0.25, -0.2) is 4.79 Å². The standard InChI is InChI=1S/C20H31N3O3/c1-20(2,14-24)23-18(25)13-15-9-11-17(12-10-15)22-19(26)21-16-7-5-3-4-6-8-16/h9-12,16,24H,3-8,13-14H2,1-2H3,(H,23,25)(H2,21,22,26). The SMILES string of the molecule is CC(C)(CO)NC(=O)Cc1ccc(NC(=O)NC2CCCCCC2)cc1. The molecule has 1 aromatic rings. The molecule has 6 nitrogen and oxygen atoms in total. The van der Waals surface area contributed by atoms with E-state index in [9.17, 15) is 14.7 Å². The lowest BCUT2D eigenvalue weighted by molar-refractivity contribution is -0.122. The molecule has 1 aliphatic carbocycles. The molecule has 0 spiro atoms. The van der Waals surface area contributed by atoms with Crippen LogP contribution >= 0.6 is 0 Å². The van der Waals surface area contributed by atoms with Crippen LogP contribution in [0.2, 0.25) is 0 Å². The summed E-state index contributed by atoms with van der Waals surface area (Å²) in [6.07, 6.45) is 7.19. The van der Waals surface area contributed by atoms with Crippen LogP contribution in [-0.4, -0.2) is 35.2 Å². The van der Waals surface area contributed by atoms with Crippen molar-refractivity contribution in [1.29, 1.82) is 0 Å². The third-order valence-corrected chi connectivity index (χ3v) is 4.64. The van der Waals surface area contributed by atoms with Crippen LogP contribution in [0.15, 0.2) is 24.3 Å². The minimum absolute atomic E-state index is 0.113. The van der Waals surface area contributed by atoms with Crippen LogP contribution in [0, 0.1) is 0 Å². The number of nitrogens with one attached hydrogen (secondary N) is 3. The van der Waals surface area contributed by atoms with Crippen LogP contribution < -0.4 is 16.0 Å². The van der Waals surface area contributed by atoms with Gasteiger partial charge in [0.1, 0.15) is 0 Å². The Morgan fingerprint density at radius 1 is 1.08 bits per heavy atom. The average molecular weight is 361 g/mol. The van der Waals surface area contributed by atoms with Crippen molar-refractivity contribution >= 4 is 17.6 Å². The Morgan fingerprint density at radius 2 is 1.69 bits per heavy atom. The van der Waals surface area contributed by atoms with E-state index in [4.69, 9.17) is 0 Å². The zero-order valence-corrected chi connectivity index (χ0v) is 15.8. The van der Waals surface area contributed by atoms with Gasteiger partial charge in [0.2, 0.25) is 5.91 Å². The number of aliphatic hydroxyl groups is 1. The largest absolute Gasteiger partial charge is 0.394 e. The van der Waals surface area contributed by atoms with Gasteiger partial charge in [-0.1, -0.05) is 37.8 Å². The van der Waals surface area contributed by atoms with Gasteiger partial charge in [-0.3, -0.25) is 4.79 Å². The Kier molecular flexibility index (Phi) is 7.45. The minimum Gasteiger partial charge on any atom is -0.394 e. The van der Waals surface area contributed by atoms with Crippen molar-refractivity contribution < 1.29 is 14.7 Å². The first-order valence-electron chi connectivity index (χ1n) is 9.46. The molecule has 0 aliphatic heterocycles. The second kappa shape index (κ2) is 9.57. The third kappa shape index (κ3) is 7.04. The summed E-state index contributed by atoms with van der Waals surface area (Å²) in [5, 5.41) is 17.9. The highest BCUT2D eigenvalue weighted by Crippen LogP contribution is 2.17. The molecular formula is C20H31N3O3. The Balaban J connectivity index is 1.81. The van der Waals surface area contributed by atoms with Crippen LogP contribution in [0.1, 0.15) is 57.9 Å². The maximum Gasteiger partial charge on any atom is 0.319 e. The number of amides is 3. The highest BCUT2D eigenvalue weighted by molar-refractivity contribution is 5.89. The molecule has 0 heterocycles. The van der Waals surface area contributed by atoms with Crippen LogP contribution in [0.5, 0.6) is 0 Å². The van der Waals surface area contributed by atoms with Gasteiger partial charge in [0.05, 0.1) is 18.6 Å². The number of hydrogen-bond donors (Lipinski definition) is 4. The molecule has 26 heavy (non-hydrogen) atoms. The van der Waals surface area contributed by atoms with E-state index in [1.54, 1.807) is 26.0 Å². The zero-order chi connectivity index (χ0) is 19.0. The number of aliphatic hydroxyl groups excluding tert-OH is 1. The van der Waals surface area contributed by atoms with Crippen LogP contribution in [-0.2, 0) is 11.2 Å². The first kappa shape index (κ1) is 20.2. The molecule has 0 bridgehead atoms. The highest BCUT2D eigenvalue weighted by atomic mass is 16.3. The van der Waals surface area contributed by atoms with E-state index in [1.807, 2.05) is 12.1 Å². The van der Waals surface area contributed by atoms with Crippen molar-refractivity contribution in [3.8, 4) is 0 Å². The lowest BCUT2D eigenvalue weighted by atomic mass is 10.1. The van der Waals surface area contributed by atoms with Gasteiger partial charge in [0, 0.05) is 11.7 Å². The summed E-state index contributed by atoms with van der Waals surface area (Å²) in [6, 6.07) is 7.33. The van der Waals surface area contributed by atoms with Crippen molar-refractivity contribution in [2.45, 2.75) is 70.4 Å². The van der Waals surface area contributed by atoms with E-state index < -0.39 is 5.54 Å². The first-order chi connectivity index (χ1) is 12.4. The lowest BCUT2D eigenvalue weighted by Gasteiger charge is -2.23. The molecule has 0 radical (unpaired) electrons. The Labute approximate surface area is 155 Å². The smallest absolute Gasteiger partial charge is 0.319 e. The predicted molar refractivity (Wildman–Crippen MR) is 103 cm³/mol. The Bertz CT molecular complexity index is 591. The third-order valence-electron chi connectivity index (χ3n) is 4.64.